The van der Waals surface area contributed by atoms with Crippen LogP contribution in [-0.4, -0.2) is 22.6 Å². The standard InChI is InChI=1S/C9H9N3O3S/c1-7-2-4-8(5-3-7)16(14,15)12-6-10-11-9(12)13/h2-6H,1H3,(H,11,13). The Hall–Kier alpha value is -1.89. The maximum atomic E-state index is 11.9. The second kappa shape index (κ2) is 3.60. The zero-order chi connectivity index (χ0) is 11.8. The van der Waals surface area contributed by atoms with Crippen molar-refractivity contribution in [3.8, 4) is 0 Å². The first-order chi connectivity index (χ1) is 7.51. The van der Waals surface area contributed by atoms with Crippen LogP contribution in [0.4, 0.5) is 0 Å². The Labute approximate surface area is 91.6 Å². The van der Waals surface area contributed by atoms with Crippen molar-refractivity contribution in [2.45, 2.75) is 11.8 Å². The lowest BCUT2D eigenvalue weighted by atomic mass is 10.2. The fraction of sp³-hybridized carbons (Fsp3) is 0.111. The van der Waals surface area contributed by atoms with E-state index in [2.05, 4.69) is 5.10 Å². The summed E-state index contributed by atoms with van der Waals surface area (Å²) >= 11 is 0. The number of nitrogens with one attached hydrogen (secondary N) is 1. The van der Waals surface area contributed by atoms with Gasteiger partial charge in [0.1, 0.15) is 6.33 Å². The van der Waals surface area contributed by atoms with Crippen molar-refractivity contribution in [3.05, 3.63) is 46.6 Å². The lowest BCUT2D eigenvalue weighted by molar-refractivity contribution is 0.585. The molecule has 0 spiro atoms. The van der Waals surface area contributed by atoms with E-state index in [4.69, 9.17) is 0 Å². The molecule has 2 rings (SSSR count). The van der Waals surface area contributed by atoms with Crippen LogP contribution in [-0.2, 0) is 10.0 Å². The van der Waals surface area contributed by atoms with E-state index in [9.17, 15) is 13.2 Å². The highest BCUT2D eigenvalue weighted by atomic mass is 32.2. The van der Waals surface area contributed by atoms with Crippen molar-refractivity contribution in [1.29, 1.82) is 0 Å². The SMILES string of the molecule is Cc1ccc(S(=O)(=O)n2cn[nH]c2=O)cc1. The molecule has 0 saturated carbocycles. The molecule has 0 unspecified atom stereocenters. The van der Waals surface area contributed by atoms with Crippen LogP contribution in [0.15, 0.2) is 40.3 Å². The maximum Gasteiger partial charge on any atom is 0.357 e. The zero-order valence-corrected chi connectivity index (χ0v) is 9.23. The minimum atomic E-state index is -3.83. The number of aryl methyl sites for hydroxylation is 1. The fourth-order valence-electron chi connectivity index (χ4n) is 1.23. The molecule has 0 radical (unpaired) electrons. The van der Waals surface area contributed by atoms with Gasteiger partial charge in [-0.05, 0) is 19.1 Å². The first-order valence-corrected chi connectivity index (χ1v) is 5.90. The first-order valence-electron chi connectivity index (χ1n) is 4.46. The van der Waals surface area contributed by atoms with Crippen LogP contribution in [0.1, 0.15) is 5.56 Å². The number of nitrogens with zero attached hydrogens (tertiary/aromatic N) is 2. The quantitative estimate of drug-likeness (QED) is 0.806. The van der Waals surface area contributed by atoms with E-state index < -0.39 is 15.7 Å². The van der Waals surface area contributed by atoms with Crippen molar-refractivity contribution >= 4 is 10.0 Å². The van der Waals surface area contributed by atoms with Gasteiger partial charge in [0.05, 0.1) is 4.90 Å². The van der Waals surface area contributed by atoms with Gasteiger partial charge in [0.25, 0.3) is 10.0 Å². The van der Waals surface area contributed by atoms with E-state index in [0.29, 0.717) is 3.97 Å². The third-order valence-corrected chi connectivity index (χ3v) is 3.75. The lowest BCUT2D eigenvalue weighted by Gasteiger charge is -2.03. The van der Waals surface area contributed by atoms with Gasteiger partial charge in [-0.3, -0.25) is 0 Å². The summed E-state index contributed by atoms with van der Waals surface area (Å²) < 4.78 is 24.4. The molecule has 0 aliphatic carbocycles. The highest BCUT2D eigenvalue weighted by Crippen LogP contribution is 2.11. The largest absolute Gasteiger partial charge is 0.357 e. The minimum Gasteiger partial charge on any atom is -0.245 e. The molecule has 1 N–H and O–H groups in total. The second-order valence-corrected chi connectivity index (χ2v) is 5.09. The Bertz CT molecular complexity index is 652. The average Bonchev–Trinajstić information content (AvgIpc) is 2.66. The number of aromatic amines is 1. The normalized spacial score (nSPS) is 11.6. The van der Waals surface area contributed by atoms with Gasteiger partial charge in [0.15, 0.2) is 0 Å². The summed E-state index contributed by atoms with van der Waals surface area (Å²) in [5.41, 5.74) is 0.166. The molecule has 0 saturated heterocycles. The molecule has 84 valence electrons. The predicted molar refractivity (Wildman–Crippen MR) is 56.6 cm³/mol. The van der Waals surface area contributed by atoms with Gasteiger partial charge in [0.2, 0.25) is 0 Å². The van der Waals surface area contributed by atoms with Gasteiger partial charge in [0, 0.05) is 0 Å². The van der Waals surface area contributed by atoms with Crippen LogP contribution in [0.25, 0.3) is 0 Å². The molecule has 0 aliphatic heterocycles. The van der Waals surface area contributed by atoms with Gasteiger partial charge in [-0.15, -0.1) is 0 Å². The Balaban J connectivity index is 2.60. The Morgan fingerprint density at radius 2 is 1.88 bits per heavy atom. The molecule has 0 fully saturated rings. The maximum absolute atomic E-state index is 11.9. The number of hydrogen-bond acceptors (Lipinski definition) is 4. The highest BCUT2D eigenvalue weighted by molar-refractivity contribution is 7.90. The molecule has 6 nitrogen and oxygen atoms in total. The third kappa shape index (κ3) is 1.65. The van der Waals surface area contributed by atoms with E-state index in [1.54, 1.807) is 12.1 Å². The van der Waals surface area contributed by atoms with E-state index >= 15 is 0 Å². The molecular formula is C9H9N3O3S. The fourth-order valence-corrected chi connectivity index (χ4v) is 2.37. The molecule has 2 aromatic rings. The summed E-state index contributed by atoms with van der Waals surface area (Å²) in [5.74, 6) is 0. The molecule has 1 heterocycles. The highest BCUT2D eigenvalue weighted by Gasteiger charge is 2.18. The molecule has 0 amide bonds. The molecule has 7 heteroatoms. The molecule has 1 aromatic carbocycles. The van der Waals surface area contributed by atoms with Crippen LogP contribution in [0.3, 0.4) is 0 Å². The minimum absolute atomic E-state index is 0.0570. The average molecular weight is 239 g/mol. The van der Waals surface area contributed by atoms with Crippen LogP contribution < -0.4 is 5.69 Å². The van der Waals surface area contributed by atoms with Gasteiger partial charge >= 0.3 is 5.69 Å². The second-order valence-electron chi connectivity index (χ2n) is 3.28. The number of aromatic nitrogens is 3. The number of H-pyrrole nitrogens is 1. The van der Waals surface area contributed by atoms with Gasteiger partial charge in [-0.2, -0.15) is 9.07 Å². The lowest BCUT2D eigenvalue weighted by Crippen LogP contribution is -2.24. The molecular weight excluding hydrogens is 230 g/mol. The van der Waals surface area contributed by atoms with Crippen molar-refractivity contribution in [3.63, 3.8) is 0 Å². The third-order valence-electron chi connectivity index (χ3n) is 2.10. The zero-order valence-electron chi connectivity index (χ0n) is 8.41. The summed E-state index contributed by atoms with van der Waals surface area (Å²) in [6, 6.07) is 6.23. The number of rotatable bonds is 2. The molecule has 0 bridgehead atoms. The van der Waals surface area contributed by atoms with Crippen LogP contribution >= 0.6 is 0 Å². The number of benzene rings is 1. The van der Waals surface area contributed by atoms with Crippen LogP contribution in [0, 0.1) is 6.92 Å². The summed E-state index contributed by atoms with van der Waals surface area (Å²) in [4.78, 5) is 11.2. The smallest absolute Gasteiger partial charge is 0.245 e. The first kappa shape index (κ1) is 10.6. The van der Waals surface area contributed by atoms with E-state index in [-0.39, 0.29) is 4.90 Å². The Kier molecular flexibility index (Phi) is 2.39. The van der Waals surface area contributed by atoms with Crippen molar-refractivity contribution in [2.24, 2.45) is 0 Å². The summed E-state index contributed by atoms with van der Waals surface area (Å²) in [6.45, 7) is 1.85. The van der Waals surface area contributed by atoms with E-state index in [0.717, 1.165) is 11.9 Å². The van der Waals surface area contributed by atoms with Gasteiger partial charge < -0.3 is 0 Å². The van der Waals surface area contributed by atoms with Crippen molar-refractivity contribution < 1.29 is 8.42 Å². The van der Waals surface area contributed by atoms with Crippen LogP contribution in [0.2, 0.25) is 0 Å². The summed E-state index contributed by atoms with van der Waals surface area (Å²) in [7, 11) is -3.83. The van der Waals surface area contributed by atoms with Crippen molar-refractivity contribution in [1.82, 2.24) is 14.2 Å². The van der Waals surface area contributed by atoms with E-state index in [1.807, 2.05) is 12.0 Å². The molecule has 0 atom stereocenters. The molecule has 1 aromatic heterocycles. The monoisotopic (exact) mass is 239 g/mol. The Morgan fingerprint density at radius 3 is 2.38 bits per heavy atom. The van der Waals surface area contributed by atoms with Gasteiger partial charge in [-0.25, -0.2) is 18.3 Å². The topological polar surface area (TPSA) is 84.8 Å². The van der Waals surface area contributed by atoms with Crippen LogP contribution in [0.5, 0.6) is 0 Å². The molecule has 0 aliphatic rings. The van der Waals surface area contributed by atoms with E-state index in [1.165, 1.54) is 12.1 Å². The summed E-state index contributed by atoms with van der Waals surface area (Å²) in [6.07, 6.45) is 0.942. The summed E-state index contributed by atoms with van der Waals surface area (Å²) in [5, 5.41) is 5.41. The Morgan fingerprint density at radius 1 is 1.25 bits per heavy atom. The molecule has 16 heavy (non-hydrogen) atoms. The predicted octanol–water partition coefficient (Wildman–Crippen LogP) is 0.117. The van der Waals surface area contributed by atoms with Gasteiger partial charge in [-0.1, -0.05) is 17.7 Å². The number of hydrogen-bond donors (Lipinski definition) is 1. The van der Waals surface area contributed by atoms with Crippen molar-refractivity contribution in [2.75, 3.05) is 0 Å².